The van der Waals surface area contributed by atoms with E-state index in [0.717, 1.165) is 24.6 Å². The molecular formula is C21H24FN3O3S. The van der Waals surface area contributed by atoms with Crippen LogP contribution < -0.4 is 5.73 Å². The van der Waals surface area contributed by atoms with E-state index in [1.54, 1.807) is 26.0 Å². The molecule has 1 aromatic carbocycles. The van der Waals surface area contributed by atoms with Gasteiger partial charge < -0.3 is 15.2 Å². The number of allylic oxidation sites excluding steroid dienone is 2. The number of ether oxygens (including phenoxy) is 2. The van der Waals surface area contributed by atoms with Gasteiger partial charge in [-0.25, -0.2) is 9.18 Å². The number of carbonyl (C=O) groups excluding carboxylic acids is 1. The highest BCUT2D eigenvalue weighted by atomic mass is 32.2. The lowest BCUT2D eigenvalue weighted by Crippen LogP contribution is -2.32. The number of carbonyl (C=O) groups is 1. The Morgan fingerprint density at radius 2 is 2.17 bits per heavy atom. The average molecular weight is 418 g/mol. The predicted molar refractivity (Wildman–Crippen MR) is 109 cm³/mol. The first-order valence-corrected chi connectivity index (χ1v) is 10.7. The molecule has 0 radical (unpaired) electrons. The van der Waals surface area contributed by atoms with Gasteiger partial charge in [-0.2, -0.15) is 17.0 Å². The van der Waals surface area contributed by atoms with Crippen molar-refractivity contribution in [2.75, 3.05) is 31.2 Å². The zero-order chi connectivity index (χ0) is 21.0. The van der Waals surface area contributed by atoms with E-state index in [9.17, 15) is 14.4 Å². The summed E-state index contributed by atoms with van der Waals surface area (Å²) in [6.45, 7) is 5.83. The molecule has 0 aromatic heterocycles. The van der Waals surface area contributed by atoms with Crippen molar-refractivity contribution in [3.05, 3.63) is 57.9 Å². The predicted octanol–water partition coefficient (Wildman–Crippen LogP) is 3.02. The number of nitriles is 1. The van der Waals surface area contributed by atoms with Crippen LogP contribution in [0.1, 0.15) is 30.9 Å². The molecule has 3 rings (SSSR count). The summed E-state index contributed by atoms with van der Waals surface area (Å²) in [7, 11) is 0. The lowest BCUT2D eigenvalue weighted by atomic mass is 9.82. The first kappa shape index (κ1) is 21.2. The Hall–Kier alpha value is -2.50. The summed E-state index contributed by atoms with van der Waals surface area (Å²) in [5.41, 5.74) is 7.16. The van der Waals surface area contributed by atoms with Gasteiger partial charge in [-0.3, -0.25) is 4.90 Å². The SMILES string of the molecule is CCOC(=O)C1=C(C)OC(N)=C(C#N)C1c1ccc(CN2CCSCC2)c(F)c1. The summed E-state index contributed by atoms with van der Waals surface area (Å²) in [4.78, 5) is 14.8. The fourth-order valence-corrected chi connectivity index (χ4v) is 4.54. The minimum atomic E-state index is -0.831. The summed E-state index contributed by atoms with van der Waals surface area (Å²) in [6.07, 6.45) is 0. The van der Waals surface area contributed by atoms with Gasteiger partial charge in [-0.05, 0) is 25.5 Å². The highest BCUT2D eigenvalue weighted by Gasteiger charge is 2.36. The van der Waals surface area contributed by atoms with Gasteiger partial charge in [0.2, 0.25) is 5.88 Å². The van der Waals surface area contributed by atoms with Gasteiger partial charge in [0, 0.05) is 36.7 Å². The van der Waals surface area contributed by atoms with Gasteiger partial charge >= 0.3 is 5.97 Å². The summed E-state index contributed by atoms with van der Waals surface area (Å²) in [5, 5.41) is 9.60. The zero-order valence-corrected chi connectivity index (χ0v) is 17.4. The molecule has 0 saturated carbocycles. The van der Waals surface area contributed by atoms with E-state index >= 15 is 0 Å². The number of nitrogens with zero attached hydrogens (tertiary/aromatic N) is 2. The second kappa shape index (κ2) is 9.33. The maximum absolute atomic E-state index is 14.9. The molecule has 2 aliphatic rings. The fourth-order valence-electron chi connectivity index (χ4n) is 3.56. The van der Waals surface area contributed by atoms with Crippen LogP contribution in [0.4, 0.5) is 4.39 Å². The molecule has 0 bridgehead atoms. The molecule has 29 heavy (non-hydrogen) atoms. The molecule has 0 spiro atoms. The molecule has 6 nitrogen and oxygen atoms in total. The first-order valence-electron chi connectivity index (χ1n) is 9.50. The molecule has 2 aliphatic heterocycles. The number of hydrogen-bond donors (Lipinski definition) is 1. The van der Waals surface area contributed by atoms with Crippen molar-refractivity contribution in [3.8, 4) is 6.07 Å². The van der Waals surface area contributed by atoms with E-state index in [-0.39, 0.29) is 35.2 Å². The third-order valence-corrected chi connectivity index (χ3v) is 5.95. The molecule has 1 saturated heterocycles. The van der Waals surface area contributed by atoms with Crippen molar-refractivity contribution in [1.82, 2.24) is 4.90 Å². The number of benzene rings is 1. The van der Waals surface area contributed by atoms with Gasteiger partial charge in [0.05, 0.1) is 18.1 Å². The Balaban J connectivity index is 1.96. The molecule has 8 heteroatoms. The van der Waals surface area contributed by atoms with Crippen LogP contribution in [-0.2, 0) is 20.8 Å². The minimum absolute atomic E-state index is 0.0684. The van der Waals surface area contributed by atoms with Gasteiger partial charge in [-0.1, -0.05) is 12.1 Å². The molecule has 1 aromatic rings. The summed E-state index contributed by atoms with van der Waals surface area (Å²) in [5.74, 6) is 0.449. The molecule has 1 unspecified atom stereocenters. The van der Waals surface area contributed by atoms with Crippen molar-refractivity contribution < 1.29 is 18.7 Å². The Bertz CT molecular complexity index is 901. The summed E-state index contributed by atoms with van der Waals surface area (Å²) < 4.78 is 25.5. The monoisotopic (exact) mass is 417 g/mol. The third-order valence-electron chi connectivity index (χ3n) is 5.01. The van der Waals surface area contributed by atoms with Crippen molar-refractivity contribution in [1.29, 1.82) is 5.26 Å². The maximum atomic E-state index is 14.9. The van der Waals surface area contributed by atoms with Crippen molar-refractivity contribution in [2.45, 2.75) is 26.3 Å². The third kappa shape index (κ3) is 4.57. The molecule has 1 atom stereocenters. The number of esters is 1. The molecular weight excluding hydrogens is 393 g/mol. The van der Waals surface area contributed by atoms with Crippen LogP contribution in [-0.4, -0.2) is 42.1 Å². The molecule has 2 heterocycles. The molecule has 2 N–H and O–H groups in total. The Morgan fingerprint density at radius 3 is 2.79 bits per heavy atom. The van der Waals surface area contributed by atoms with Gasteiger partial charge in [0.15, 0.2) is 0 Å². The smallest absolute Gasteiger partial charge is 0.338 e. The number of rotatable bonds is 5. The van der Waals surface area contributed by atoms with E-state index in [0.29, 0.717) is 17.7 Å². The van der Waals surface area contributed by atoms with E-state index in [4.69, 9.17) is 15.2 Å². The van der Waals surface area contributed by atoms with Crippen molar-refractivity contribution in [3.63, 3.8) is 0 Å². The van der Waals surface area contributed by atoms with Crippen LogP contribution in [0, 0.1) is 17.1 Å². The number of halogens is 1. The summed E-state index contributed by atoms with van der Waals surface area (Å²) >= 11 is 1.90. The van der Waals surface area contributed by atoms with Gasteiger partial charge in [-0.15, -0.1) is 0 Å². The Morgan fingerprint density at radius 1 is 1.45 bits per heavy atom. The standard InChI is InChI=1S/C21H24FN3O3S/c1-3-27-21(26)18-13(2)28-20(24)16(11-23)19(18)14-4-5-15(17(22)10-14)12-25-6-8-29-9-7-25/h4-5,10,19H,3,6-9,12,24H2,1-2H3. The lowest BCUT2D eigenvalue weighted by molar-refractivity contribution is -0.139. The zero-order valence-electron chi connectivity index (χ0n) is 16.5. The second-order valence-corrected chi connectivity index (χ2v) is 8.08. The molecule has 1 fully saturated rings. The normalized spacial score (nSPS) is 20.3. The van der Waals surface area contributed by atoms with E-state index in [2.05, 4.69) is 4.90 Å². The highest BCUT2D eigenvalue weighted by molar-refractivity contribution is 7.99. The minimum Gasteiger partial charge on any atom is -0.463 e. The molecule has 0 aliphatic carbocycles. The van der Waals surface area contributed by atoms with Crippen LogP contribution in [0.3, 0.4) is 0 Å². The second-order valence-electron chi connectivity index (χ2n) is 6.85. The number of hydrogen-bond acceptors (Lipinski definition) is 7. The Labute approximate surface area is 174 Å². The van der Waals surface area contributed by atoms with Crippen LogP contribution in [0.2, 0.25) is 0 Å². The van der Waals surface area contributed by atoms with Gasteiger partial charge in [0.1, 0.15) is 23.2 Å². The maximum Gasteiger partial charge on any atom is 0.338 e. The van der Waals surface area contributed by atoms with Crippen LogP contribution >= 0.6 is 11.8 Å². The Kier molecular flexibility index (Phi) is 6.83. The topological polar surface area (TPSA) is 88.6 Å². The first-order chi connectivity index (χ1) is 14.0. The molecule has 0 amide bonds. The average Bonchev–Trinajstić information content (AvgIpc) is 2.70. The van der Waals surface area contributed by atoms with Crippen molar-refractivity contribution >= 4 is 17.7 Å². The van der Waals surface area contributed by atoms with Crippen LogP contribution in [0.15, 0.2) is 41.0 Å². The van der Waals surface area contributed by atoms with E-state index < -0.39 is 11.9 Å². The quantitative estimate of drug-likeness (QED) is 0.737. The molecule has 154 valence electrons. The lowest BCUT2D eigenvalue weighted by Gasteiger charge is -2.28. The number of nitrogens with two attached hydrogens (primary N) is 1. The highest BCUT2D eigenvalue weighted by Crippen LogP contribution is 2.40. The summed E-state index contributed by atoms with van der Waals surface area (Å²) in [6, 6.07) is 6.83. The van der Waals surface area contributed by atoms with E-state index in [1.165, 1.54) is 6.07 Å². The van der Waals surface area contributed by atoms with Gasteiger partial charge in [0.25, 0.3) is 0 Å². The van der Waals surface area contributed by atoms with E-state index in [1.807, 2.05) is 17.8 Å². The van der Waals surface area contributed by atoms with Crippen molar-refractivity contribution in [2.24, 2.45) is 5.73 Å². The van der Waals surface area contributed by atoms with Crippen LogP contribution in [0.25, 0.3) is 0 Å². The number of thioether (sulfide) groups is 1. The fraction of sp³-hybridized carbons (Fsp3) is 0.429. The van der Waals surface area contributed by atoms with Crippen LogP contribution in [0.5, 0.6) is 0 Å². The largest absolute Gasteiger partial charge is 0.463 e.